The highest BCUT2D eigenvalue weighted by molar-refractivity contribution is 4.64. The van der Waals surface area contributed by atoms with Crippen molar-refractivity contribution >= 4 is 0 Å². The third-order valence-electron chi connectivity index (χ3n) is 1.50. The van der Waals surface area contributed by atoms with Gasteiger partial charge in [-0.15, -0.1) is 0 Å². The number of hydrogen-bond donors (Lipinski definition) is 2. The quantitative estimate of drug-likeness (QED) is 0.630. The highest BCUT2D eigenvalue weighted by Crippen LogP contribution is 1.86. The summed E-state index contributed by atoms with van der Waals surface area (Å²) in [5.41, 5.74) is -0.716. The molecule has 5 nitrogen and oxygen atoms in total. The lowest BCUT2D eigenvalue weighted by Gasteiger charge is -1.93. The van der Waals surface area contributed by atoms with Crippen molar-refractivity contribution in [2.75, 3.05) is 0 Å². The van der Waals surface area contributed by atoms with Crippen LogP contribution in [0.5, 0.6) is 0 Å². The Morgan fingerprint density at radius 2 is 1.82 bits per heavy atom. The molecular weight excluding hydrogens is 146 g/mol. The van der Waals surface area contributed by atoms with Gasteiger partial charge in [-0.1, -0.05) is 13.3 Å². The Morgan fingerprint density at radius 3 is 2.27 bits per heavy atom. The molecule has 1 heterocycles. The second kappa shape index (κ2) is 3.23. The minimum atomic E-state index is -0.358. The van der Waals surface area contributed by atoms with Gasteiger partial charge in [0.1, 0.15) is 0 Å². The molecule has 0 saturated carbocycles. The van der Waals surface area contributed by atoms with E-state index in [1.165, 1.54) is 0 Å². The second-order valence-electron chi connectivity index (χ2n) is 2.37. The van der Waals surface area contributed by atoms with Gasteiger partial charge in [-0.2, -0.15) is 0 Å². The zero-order valence-electron chi connectivity index (χ0n) is 6.39. The van der Waals surface area contributed by atoms with Gasteiger partial charge in [0, 0.05) is 6.54 Å². The molecule has 62 valence electrons. The van der Waals surface area contributed by atoms with Crippen molar-refractivity contribution in [3.63, 3.8) is 0 Å². The van der Waals surface area contributed by atoms with E-state index in [2.05, 4.69) is 10.2 Å². The first-order valence-electron chi connectivity index (χ1n) is 3.63. The Kier molecular flexibility index (Phi) is 2.30. The molecule has 0 aliphatic carbocycles. The summed E-state index contributed by atoms with van der Waals surface area (Å²) >= 11 is 0. The number of unbranched alkanes of at least 4 members (excludes halogenated alkanes) is 1. The Hall–Kier alpha value is -1.26. The Balaban J connectivity index is 2.84. The number of aromatic amines is 2. The second-order valence-corrected chi connectivity index (χ2v) is 2.37. The van der Waals surface area contributed by atoms with Gasteiger partial charge in [-0.05, 0) is 6.42 Å². The fourth-order valence-electron chi connectivity index (χ4n) is 0.853. The molecule has 1 rings (SSSR count). The van der Waals surface area contributed by atoms with Crippen LogP contribution in [0.25, 0.3) is 0 Å². The molecule has 0 bridgehead atoms. The molecular formula is C6H11N3O2. The minimum absolute atomic E-state index is 0.358. The predicted molar refractivity (Wildman–Crippen MR) is 40.6 cm³/mol. The monoisotopic (exact) mass is 157 g/mol. The molecule has 0 aliphatic rings. The molecule has 0 saturated heterocycles. The van der Waals surface area contributed by atoms with Crippen LogP contribution >= 0.6 is 0 Å². The Bertz CT molecular complexity index is 292. The first-order valence-corrected chi connectivity index (χ1v) is 3.63. The average molecular weight is 157 g/mol. The maximum Gasteiger partial charge on any atom is 0.344 e. The van der Waals surface area contributed by atoms with Gasteiger partial charge in [-0.3, -0.25) is 0 Å². The van der Waals surface area contributed by atoms with Crippen LogP contribution < -0.4 is 11.4 Å². The van der Waals surface area contributed by atoms with E-state index < -0.39 is 0 Å². The van der Waals surface area contributed by atoms with E-state index in [0.29, 0.717) is 6.54 Å². The van der Waals surface area contributed by atoms with E-state index in [1.807, 2.05) is 6.92 Å². The lowest BCUT2D eigenvalue weighted by Crippen LogP contribution is -2.26. The van der Waals surface area contributed by atoms with Gasteiger partial charge in [0.05, 0.1) is 0 Å². The Morgan fingerprint density at radius 1 is 1.27 bits per heavy atom. The van der Waals surface area contributed by atoms with Gasteiger partial charge in [0.2, 0.25) is 0 Å². The number of aromatic nitrogens is 3. The first kappa shape index (κ1) is 7.84. The van der Waals surface area contributed by atoms with Crippen LogP contribution in [0.3, 0.4) is 0 Å². The largest absolute Gasteiger partial charge is 0.344 e. The molecule has 1 aromatic heterocycles. The number of rotatable bonds is 3. The van der Waals surface area contributed by atoms with E-state index in [1.54, 1.807) is 0 Å². The van der Waals surface area contributed by atoms with Crippen LogP contribution in [0.1, 0.15) is 19.8 Å². The van der Waals surface area contributed by atoms with Crippen LogP contribution in [0.2, 0.25) is 0 Å². The predicted octanol–water partition coefficient (Wildman–Crippen LogP) is -0.335. The molecule has 0 spiro atoms. The molecule has 0 aliphatic heterocycles. The van der Waals surface area contributed by atoms with E-state index in [0.717, 1.165) is 17.4 Å². The number of nitrogens with one attached hydrogen (secondary N) is 2. The summed E-state index contributed by atoms with van der Waals surface area (Å²) in [5.74, 6) is 0. The third-order valence-corrected chi connectivity index (χ3v) is 1.50. The zero-order chi connectivity index (χ0) is 8.27. The van der Waals surface area contributed by atoms with Crippen molar-refractivity contribution in [1.29, 1.82) is 0 Å². The van der Waals surface area contributed by atoms with Crippen molar-refractivity contribution in [2.24, 2.45) is 0 Å². The third kappa shape index (κ3) is 1.60. The van der Waals surface area contributed by atoms with E-state index in [9.17, 15) is 9.59 Å². The lowest BCUT2D eigenvalue weighted by molar-refractivity contribution is 0.599. The van der Waals surface area contributed by atoms with Gasteiger partial charge in [-0.25, -0.2) is 24.4 Å². The fourth-order valence-corrected chi connectivity index (χ4v) is 0.853. The van der Waals surface area contributed by atoms with Crippen molar-refractivity contribution in [3.05, 3.63) is 21.0 Å². The highest BCUT2D eigenvalue weighted by Gasteiger charge is 1.99. The topological polar surface area (TPSA) is 70.7 Å². The highest BCUT2D eigenvalue weighted by atomic mass is 16.2. The fraction of sp³-hybridized carbons (Fsp3) is 0.667. The van der Waals surface area contributed by atoms with E-state index >= 15 is 0 Å². The minimum Gasteiger partial charge on any atom is -0.247 e. The molecule has 0 atom stereocenters. The summed E-state index contributed by atoms with van der Waals surface area (Å²) in [5, 5.41) is 4.43. The molecule has 0 radical (unpaired) electrons. The van der Waals surface area contributed by atoms with Crippen molar-refractivity contribution in [3.8, 4) is 0 Å². The van der Waals surface area contributed by atoms with Gasteiger partial charge >= 0.3 is 11.4 Å². The van der Waals surface area contributed by atoms with E-state index in [4.69, 9.17) is 0 Å². The molecule has 0 aromatic carbocycles. The van der Waals surface area contributed by atoms with Crippen LogP contribution in [-0.4, -0.2) is 14.8 Å². The molecule has 11 heavy (non-hydrogen) atoms. The van der Waals surface area contributed by atoms with Crippen molar-refractivity contribution in [1.82, 2.24) is 14.8 Å². The molecule has 5 heteroatoms. The van der Waals surface area contributed by atoms with E-state index in [-0.39, 0.29) is 11.4 Å². The standard InChI is InChI=1S/C6H11N3O2/c1-2-3-4-9-5(10)7-8-6(9)11/h2-4H2,1H3,(H,7,10)(H,8,11). The van der Waals surface area contributed by atoms with Gasteiger partial charge in [0.25, 0.3) is 0 Å². The maximum absolute atomic E-state index is 10.8. The summed E-state index contributed by atoms with van der Waals surface area (Å²) in [6, 6.07) is 0. The summed E-state index contributed by atoms with van der Waals surface area (Å²) in [7, 11) is 0. The maximum atomic E-state index is 10.8. The first-order chi connectivity index (χ1) is 5.25. The summed E-state index contributed by atoms with van der Waals surface area (Å²) in [6.07, 6.45) is 1.82. The normalized spacial score (nSPS) is 10.3. The summed E-state index contributed by atoms with van der Waals surface area (Å²) in [4.78, 5) is 21.6. The molecule has 0 unspecified atom stereocenters. The summed E-state index contributed by atoms with van der Waals surface area (Å²) in [6.45, 7) is 2.50. The van der Waals surface area contributed by atoms with Crippen LogP contribution in [-0.2, 0) is 6.54 Å². The number of nitrogens with zero attached hydrogens (tertiary/aromatic N) is 1. The SMILES string of the molecule is CCCCn1c(=O)[nH][nH]c1=O. The molecule has 1 aromatic rings. The van der Waals surface area contributed by atoms with Gasteiger partial charge < -0.3 is 0 Å². The zero-order valence-corrected chi connectivity index (χ0v) is 6.39. The number of H-pyrrole nitrogens is 2. The van der Waals surface area contributed by atoms with Crippen LogP contribution in [0.15, 0.2) is 9.59 Å². The average Bonchev–Trinajstić information content (AvgIpc) is 2.29. The molecule has 0 fully saturated rings. The Labute approximate surface area is 63.0 Å². The van der Waals surface area contributed by atoms with Gasteiger partial charge in [0.15, 0.2) is 0 Å². The molecule has 0 amide bonds. The van der Waals surface area contributed by atoms with Crippen molar-refractivity contribution in [2.45, 2.75) is 26.3 Å². The smallest absolute Gasteiger partial charge is 0.247 e. The summed E-state index contributed by atoms with van der Waals surface area (Å²) < 4.78 is 1.16. The molecule has 2 N–H and O–H groups in total. The van der Waals surface area contributed by atoms with Crippen molar-refractivity contribution < 1.29 is 0 Å². The number of hydrogen-bond acceptors (Lipinski definition) is 2. The van der Waals surface area contributed by atoms with Crippen LogP contribution in [0, 0.1) is 0 Å². The lowest BCUT2D eigenvalue weighted by atomic mass is 10.3. The van der Waals surface area contributed by atoms with Crippen LogP contribution in [0.4, 0.5) is 0 Å².